The zero-order valence-corrected chi connectivity index (χ0v) is 16.6. The molecule has 1 amide bonds. The molecular weight excluding hydrogens is 395 g/mol. The first-order valence-corrected chi connectivity index (χ1v) is 7.83. The number of ether oxygens (including phenoxy) is 1. The van der Waals surface area contributed by atoms with E-state index in [2.05, 4.69) is 10.3 Å². The first-order chi connectivity index (χ1) is 9.81. The second-order valence-corrected chi connectivity index (χ2v) is 6.51. The van der Waals surface area contributed by atoms with Gasteiger partial charge in [-0.1, -0.05) is 6.42 Å². The number of guanidine groups is 1. The van der Waals surface area contributed by atoms with E-state index < -0.39 is 5.60 Å². The third-order valence-corrected chi connectivity index (χ3v) is 3.47. The quantitative estimate of drug-likeness (QED) is 0.389. The van der Waals surface area contributed by atoms with Crippen LogP contribution in [0.2, 0.25) is 0 Å². The van der Waals surface area contributed by atoms with Gasteiger partial charge in [0.15, 0.2) is 5.96 Å². The smallest absolute Gasteiger partial charge is 0.410 e. The summed E-state index contributed by atoms with van der Waals surface area (Å²) in [5, 5.41) is 3.05. The van der Waals surface area contributed by atoms with E-state index in [4.69, 9.17) is 10.5 Å². The van der Waals surface area contributed by atoms with E-state index in [-0.39, 0.29) is 30.1 Å². The molecule has 0 radical (unpaired) electrons. The normalized spacial score (nSPS) is 15.5. The maximum atomic E-state index is 11.9. The second-order valence-electron chi connectivity index (χ2n) is 6.51. The van der Waals surface area contributed by atoms with Crippen molar-refractivity contribution in [2.75, 3.05) is 26.2 Å². The van der Waals surface area contributed by atoms with Crippen LogP contribution in [0.15, 0.2) is 4.99 Å². The summed E-state index contributed by atoms with van der Waals surface area (Å²) in [6.07, 6.45) is 3.55. The van der Waals surface area contributed by atoms with Gasteiger partial charge in [0.1, 0.15) is 5.60 Å². The Hall–Kier alpha value is -0.730. The first kappa shape index (κ1) is 21.3. The lowest BCUT2D eigenvalue weighted by molar-refractivity contribution is 0.0264. The van der Waals surface area contributed by atoms with E-state index in [1.807, 2.05) is 27.7 Å². The highest BCUT2D eigenvalue weighted by molar-refractivity contribution is 14.0. The molecule has 0 aromatic rings. The molecule has 0 heterocycles. The van der Waals surface area contributed by atoms with Crippen LogP contribution in [-0.2, 0) is 4.74 Å². The summed E-state index contributed by atoms with van der Waals surface area (Å²) >= 11 is 0. The van der Waals surface area contributed by atoms with Gasteiger partial charge in [0.05, 0.1) is 0 Å². The van der Waals surface area contributed by atoms with Crippen molar-refractivity contribution in [1.82, 2.24) is 10.2 Å². The minimum Gasteiger partial charge on any atom is -0.444 e. The maximum Gasteiger partial charge on any atom is 0.410 e. The van der Waals surface area contributed by atoms with E-state index in [9.17, 15) is 4.79 Å². The molecule has 1 rings (SSSR count). The van der Waals surface area contributed by atoms with Gasteiger partial charge in [-0.05, 0) is 46.5 Å². The van der Waals surface area contributed by atoms with E-state index >= 15 is 0 Å². The highest BCUT2D eigenvalue weighted by Gasteiger charge is 2.20. The molecule has 1 saturated carbocycles. The highest BCUT2D eigenvalue weighted by atomic mass is 127. The average Bonchev–Trinajstić information content (AvgIpc) is 2.30. The topological polar surface area (TPSA) is 80.0 Å². The Morgan fingerprint density at radius 2 is 2.05 bits per heavy atom. The van der Waals surface area contributed by atoms with Gasteiger partial charge in [-0.15, -0.1) is 24.0 Å². The molecule has 3 N–H and O–H groups in total. The van der Waals surface area contributed by atoms with Gasteiger partial charge < -0.3 is 20.7 Å². The molecule has 0 aromatic heterocycles. The summed E-state index contributed by atoms with van der Waals surface area (Å²) in [5.41, 5.74) is 5.34. The highest BCUT2D eigenvalue weighted by Crippen LogP contribution is 2.26. The lowest BCUT2D eigenvalue weighted by atomic mass is 9.86. The Balaban J connectivity index is 0.00000441. The number of hydrogen-bond donors (Lipinski definition) is 2. The van der Waals surface area contributed by atoms with Gasteiger partial charge in [0.2, 0.25) is 0 Å². The fourth-order valence-electron chi connectivity index (χ4n) is 1.98. The van der Waals surface area contributed by atoms with Crippen molar-refractivity contribution in [3.8, 4) is 0 Å². The van der Waals surface area contributed by atoms with Crippen LogP contribution >= 0.6 is 24.0 Å². The molecule has 0 saturated heterocycles. The molecular formula is C15H31IN4O2. The SMILES string of the molecule is CCN(CCNC(N)=NCC1CCC1)C(=O)OC(C)(C)C.I. The zero-order chi connectivity index (χ0) is 15.9. The van der Waals surface area contributed by atoms with E-state index in [0.29, 0.717) is 31.5 Å². The monoisotopic (exact) mass is 426 g/mol. The lowest BCUT2D eigenvalue weighted by Crippen LogP contribution is -2.43. The molecule has 1 aliphatic rings. The third-order valence-electron chi connectivity index (χ3n) is 3.47. The minimum absolute atomic E-state index is 0. The Kier molecular flexibility index (Phi) is 9.79. The number of amides is 1. The van der Waals surface area contributed by atoms with E-state index in [1.54, 1.807) is 4.90 Å². The number of nitrogens with one attached hydrogen (secondary N) is 1. The fraction of sp³-hybridized carbons (Fsp3) is 0.867. The molecule has 0 unspecified atom stereocenters. The molecule has 6 nitrogen and oxygen atoms in total. The molecule has 0 aromatic carbocycles. The van der Waals surface area contributed by atoms with Crippen LogP contribution in [0.25, 0.3) is 0 Å². The van der Waals surface area contributed by atoms with Crippen molar-refractivity contribution in [2.45, 2.75) is 52.6 Å². The predicted molar refractivity (Wildman–Crippen MR) is 101 cm³/mol. The van der Waals surface area contributed by atoms with Crippen molar-refractivity contribution < 1.29 is 9.53 Å². The van der Waals surface area contributed by atoms with Gasteiger partial charge in [0.25, 0.3) is 0 Å². The van der Waals surface area contributed by atoms with Crippen LogP contribution in [0, 0.1) is 5.92 Å². The third kappa shape index (κ3) is 8.65. The zero-order valence-electron chi connectivity index (χ0n) is 14.2. The van der Waals surface area contributed by atoms with Gasteiger partial charge in [0, 0.05) is 26.2 Å². The van der Waals surface area contributed by atoms with Crippen molar-refractivity contribution >= 4 is 36.0 Å². The van der Waals surface area contributed by atoms with Gasteiger partial charge in [-0.2, -0.15) is 0 Å². The number of nitrogens with two attached hydrogens (primary N) is 1. The number of aliphatic imine (C=N–C) groups is 1. The first-order valence-electron chi connectivity index (χ1n) is 7.83. The summed E-state index contributed by atoms with van der Waals surface area (Å²) in [7, 11) is 0. The summed E-state index contributed by atoms with van der Waals surface area (Å²) in [4.78, 5) is 17.9. The van der Waals surface area contributed by atoms with Gasteiger partial charge >= 0.3 is 6.09 Å². The van der Waals surface area contributed by atoms with Crippen LogP contribution in [0.1, 0.15) is 47.0 Å². The number of likely N-dealkylation sites (N-methyl/N-ethyl adjacent to an activating group) is 1. The number of halogens is 1. The number of rotatable bonds is 6. The standard InChI is InChI=1S/C15H30N4O2.HI/c1-5-19(14(20)21-15(2,3)4)10-9-17-13(16)18-11-12-7-6-8-12;/h12H,5-11H2,1-4H3,(H3,16,17,18);1H. The van der Waals surface area contributed by atoms with Crippen molar-refractivity contribution in [1.29, 1.82) is 0 Å². The summed E-state index contributed by atoms with van der Waals surface area (Å²) < 4.78 is 5.35. The van der Waals surface area contributed by atoms with Crippen LogP contribution in [0.3, 0.4) is 0 Å². The number of hydrogen-bond acceptors (Lipinski definition) is 3. The summed E-state index contributed by atoms with van der Waals surface area (Å²) in [6, 6.07) is 0. The molecule has 0 atom stereocenters. The second kappa shape index (κ2) is 10.1. The molecule has 1 aliphatic carbocycles. The number of carbonyl (C=O) groups is 1. The Morgan fingerprint density at radius 1 is 1.41 bits per heavy atom. The van der Waals surface area contributed by atoms with Gasteiger partial charge in [-0.3, -0.25) is 4.99 Å². The molecule has 1 fully saturated rings. The van der Waals surface area contributed by atoms with Crippen LogP contribution in [0.5, 0.6) is 0 Å². The molecule has 7 heteroatoms. The molecule has 0 bridgehead atoms. The number of carbonyl (C=O) groups excluding carboxylic acids is 1. The van der Waals surface area contributed by atoms with E-state index in [0.717, 1.165) is 6.54 Å². The Labute approximate surface area is 151 Å². The van der Waals surface area contributed by atoms with Crippen molar-refractivity contribution in [3.63, 3.8) is 0 Å². The molecule has 0 spiro atoms. The molecule has 130 valence electrons. The number of nitrogens with zero attached hydrogens (tertiary/aromatic N) is 2. The fourth-order valence-corrected chi connectivity index (χ4v) is 1.98. The van der Waals surface area contributed by atoms with Crippen molar-refractivity contribution in [3.05, 3.63) is 0 Å². The summed E-state index contributed by atoms with van der Waals surface area (Å²) in [5.74, 6) is 1.17. The Bertz CT molecular complexity index is 365. The predicted octanol–water partition coefficient (Wildman–Crippen LogP) is 2.57. The minimum atomic E-state index is -0.471. The van der Waals surface area contributed by atoms with Crippen LogP contribution < -0.4 is 11.1 Å². The van der Waals surface area contributed by atoms with Crippen molar-refractivity contribution in [2.24, 2.45) is 16.6 Å². The summed E-state index contributed by atoms with van der Waals surface area (Å²) in [6.45, 7) is 10.1. The molecule has 0 aliphatic heterocycles. The van der Waals surface area contributed by atoms with Gasteiger partial charge in [-0.25, -0.2) is 4.79 Å². The lowest BCUT2D eigenvalue weighted by Gasteiger charge is -2.26. The molecule has 22 heavy (non-hydrogen) atoms. The average molecular weight is 426 g/mol. The van der Waals surface area contributed by atoms with Crippen LogP contribution in [-0.4, -0.2) is 48.7 Å². The maximum absolute atomic E-state index is 11.9. The largest absolute Gasteiger partial charge is 0.444 e. The van der Waals surface area contributed by atoms with Crippen LogP contribution in [0.4, 0.5) is 4.79 Å². The Morgan fingerprint density at radius 3 is 2.50 bits per heavy atom. The van der Waals surface area contributed by atoms with E-state index in [1.165, 1.54) is 19.3 Å².